The Balaban J connectivity index is 1.31. The predicted octanol–water partition coefficient (Wildman–Crippen LogP) is 17.0. The van der Waals surface area contributed by atoms with Crippen LogP contribution in [0.2, 0.25) is 0 Å². The molecule has 0 amide bonds. The zero-order valence-electron chi connectivity index (χ0n) is 31.8. The van der Waals surface area contributed by atoms with Crippen LogP contribution in [0.5, 0.6) is 0 Å². The molecule has 0 aromatic heterocycles. The summed E-state index contributed by atoms with van der Waals surface area (Å²) in [6.07, 6.45) is 0. The van der Waals surface area contributed by atoms with E-state index >= 15 is 0 Å². The van der Waals surface area contributed by atoms with E-state index in [9.17, 15) is 0 Å². The Labute approximate surface area is 345 Å². The van der Waals surface area contributed by atoms with E-state index in [4.69, 9.17) is 0 Å². The fourth-order valence-corrected chi connectivity index (χ4v) is 26.2. The third kappa shape index (κ3) is 1.09. The molecule has 258 valence electrons. The van der Waals surface area contributed by atoms with E-state index in [2.05, 4.69) is 11.8 Å². The van der Waals surface area contributed by atoms with Crippen molar-refractivity contribution in [3.8, 4) is 0 Å². The first-order chi connectivity index (χ1) is 31.4. The number of hydrogen-bond donors (Lipinski definition) is 0. The van der Waals surface area contributed by atoms with E-state index < -0.39 is 0 Å². The van der Waals surface area contributed by atoms with Gasteiger partial charge in [-0.2, -0.15) is 11.8 Å². The van der Waals surface area contributed by atoms with E-state index in [0.717, 1.165) is 0 Å². The molecule has 33 rings (SSSR count). The second kappa shape index (κ2) is 4.80. The van der Waals surface area contributed by atoms with Crippen molar-refractivity contribution in [3.63, 3.8) is 0 Å². The van der Waals surface area contributed by atoms with E-state index in [1.165, 1.54) is 11.5 Å². The molecule has 28 aromatic carbocycles. The molecule has 63 heavy (non-hydrogen) atoms. The van der Waals surface area contributed by atoms with Gasteiger partial charge in [0.1, 0.15) is 0 Å². The molecule has 0 saturated carbocycles. The molecule has 0 unspecified atom stereocenters. The second-order valence-corrected chi connectivity index (χ2v) is 25.0. The third-order valence-electron chi connectivity index (χ3n) is 24.3. The van der Waals surface area contributed by atoms with Crippen LogP contribution in [0.3, 0.4) is 0 Å². The molecule has 1 fully saturated rings. The Kier molecular flexibility index (Phi) is 1.70. The maximum absolute atomic E-state index is 2.35. The van der Waals surface area contributed by atoms with Gasteiger partial charge in [-0.05, 0) is 313 Å². The topological polar surface area (TPSA) is 0 Å². The van der Waals surface area contributed by atoms with Gasteiger partial charge in [-0.1, -0.05) is 0 Å². The van der Waals surface area contributed by atoms with Crippen LogP contribution in [0, 0.1) is 0 Å². The monoisotopic (exact) mass is 780 g/mol. The summed E-state index contributed by atoms with van der Waals surface area (Å²) in [7, 11) is 0. The van der Waals surface area contributed by atoms with Gasteiger partial charge in [-0.25, -0.2) is 0 Å². The molecule has 1 aliphatic heterocycles. The minimum Gasteiger partial charge on any atom is -0.159 e. The largest absolute Gasteiger partial charge is 0.159 e. The molecule has 0 bridgehead atoms. The molecule has 1 saturated heterocycles. The first kappa shape index (κ1) is 22.2. The Hall–Kier alpha value is -7.19. The van der Waals surface area contributed by atoms with Gasteiger partial charge in [-0.15, -0.1) is 0 Å². The van der Waals surface area contributed by atoms with Crippen LogP contribution >= 0.6 is 11.8 Å². The fourth-order valence-electron chi connectivity index (χ4n) is 24.5. The molecule has 0 radical (unpaired) electrons. The normalized spacial score (nSPS) is 23.8. The smallest absolute Gasteiger partial charge is 0.0464 e. The Morgan fingerprint density at radius 1 is 0.143 bits per heavy atom. The molecule has 0 N–H and O–H groups in total. The summed E-state index contributed by atoms with van der Waals surface area (Å²) in [5.74, 6) is 2.45. The first-order valence-electron chi connectivity index (χ1n) is 23.8. The lowest BCUT2D eigenvalue weighted by Gasteiger charge is -2.49. The van der Waals surface area contributed by atoms with Crippen LogP contribution in [-0.2, 0) is 10.8 Å². The van der Waals surface area contributed by atoms with Gasteiger partial charge >= 0.3 is 0 Å². The zero-order valence-corrected chi connectivity index (χ0v) is 32.6. The van der Waals surface area contributed by atoms with E-state index in [0.29, 0.717) is 0 Å². The molecule has 0 nitrogen and oxygen atoms in total. The highest BCUT2D eigenvalue weighted by Gasteiger charge is 2.71. The van der Waals surface area contributed by atoms with Crippen LogP contribution in [0.4, 0.5) is 0 Å². The molecule has 1 heteroatoms. The summed E-state index contributed by atoms with van der Waals surface area (Å²) in [6.45, 7) is 0. The molecule has 28 aromatic rings. The molecule has 0 atom stereocenters. The fraction of sp³-hybridized carbons (Fsp3) is 0.0645. The second-order valence-electron chi connectivity index (χ2n) is 24.1. The predicted molar refractivity (Wildman–Crippen MR) is 271 cm³/mol. The minimum atomic E-state index is -0.0387. The highest BCUT2D eigenvalue weighted by molar-refractivity contribution is 7.99. The van der Waals surface area contributed by atoms with Gasteiger partial charge in [-0.3, -0.25) is 0 Å². The Morgan fingerprint density at radius 3 is 0.349 bits per heavy atom. The van der Waals surface area contributed by atoms with Crippen molar-refractivity contribution in [3.05, 3.63) is 22.3 Å². The van der Waals surface area contributed by atoms with Crippen LogP contribution in [0.25, 0.3) is 291 Å². The lowest BCUT2D eigenvalue weighted by Crippen LogP contribution is -2.51. The summed E-state index contributed by atoms with van der Waals surface area (Å²) < 4.78 is 0. The SMILES string of the molecule is C1SCC23c4c5c6c7c8c9c(c%10c%11c2c2c4c4c%12c5c5c6c6c8c8c%13c9c9c%10c%10c%11c%11c2c2c4c4c%12c%12c5c5c6c8c6c8c%13c9c9c%10c%10c%11c2c2c4c4c%12c5c6c5c8c9c%10c2c45)C173. The number of thioether (sulfide) groups is 1. The minimum absolute atomic E-state index is 0.0387. The highest BCUT2D eigenvalue weighted by atomic mass is 32.2. The third-order valence-corrected chi connectivity index (χ3v) is 25.6. The van der Waals surface area contributed by atoms with Crippen molar-refractivity contribution in [2.75, 3.05) is 11.5 Å². The Bertz CT molecular complexity index is 6340. The van der Waals surface area contributed by atoms with Gasteiger partial charge in [0.25, 0.3) is 0 Å². The zero-order chi connectivity index (χ0) is 36.6. The standard InChI is InChI=1S/C62H4S/c1-61-57-49-41-31-21-13-5-3-4-7-11-9(5)17-25-19(11)29-23-15(7)16-8(4)12-10-6(3)14(13)22-28-18(10)26-20(12)30-24(16)34-33(23)43-37(29)47-39(25)45(35(41)27(17)21)53(57)55(47)59-51(43)52-44(34)38(30)48-40(26)46-36(28)42(32(22)31)50(49)58(61)54(46)56(48)60(52)62(59,61)2-63-1/h1-2H2. The van der Waals surface area contributed by atoms with Gasteiger partial charge in [0.05, 0.1) is 0 Å². The molecule has 5 aliphatic rings. The van der Waals surface area contributed by atoms with Crippen molar-refractivity contribution in [1.82, 2.24) is 0 Å². The molecule has 4 aliphatic carbocycles. The van der Waals surface area contributed by atoms with Crippen LogP contribution < -0.4 is 0 Å². The van der Waals surface area contributed by atoms with Crippen molar-refractivity contribution in [2.24, 2.45) is 0 Å². The summed E-state index contributed by atoms with van der Waals surface area (Å²) in [6, 6.07) is 0. The summed E-state index contributed by atoms with van der Waals surface area (Å²) >= 11 is 2.35. The number of benzene rings is 18. The van der Waals surface area contributed by atoms with Gasteiger partial charge < -0.3 is 0 Å². The number of hydrogen-bond acceptors (Lipinski definition) is 1. The molecular formula is C62H4S. The maximum Gasteiger partial charge on any atom is 0.0464 e. The average Bonchev–Trinajstić information content (AvgIpc) is 4.12. The van der Waals surface area contributed by atoms with Crippen LogP contribution in [0.1, 0.15) is 22.3 Å². The molecular weight excluding hydrogens is 777 g/mol. The van der Waals surface area contributed by atoms with Crippen LogP contribution in [-0.4, -0.2) is 11.5 Å². The summed E-state index contributed by atoms with van der Waals surface area (Å²) in [5, 5.41) is 91.9. The highest BCUT2D eigenvalue weighted by Crippen LogP contribution is 2.85. The summed E-state index contributed by atoms with van der Waals surface area (Å²) in [5.41, 5.74) is 7.27. The quantitative estimate of drug-likeness (QED) is 0.138. The van der Waals surface area contributed by atoms with Crippen LogP contribution in [0.15, 0.2) is 0 Å². The first-order valence-corrected chi connectivity index (χ1v) is 24.9. The Morgan fingerprint density at radius 2 is 0.238 bits per heavy atom. The molecule has 1 heterocycles. The van der Waals surface area contributed by atoms with Gasteiger partial charge in [0.15, 0.2) is 0 Å². The van der Waals surface area contributed by atoms with E-state index in [1.54, 1.807) is 291 Å². The van der Waals surface area contributed by atoms with Crippen molar-refractivity contribution < 1.29 is 0 Å². The van der Waals surface area contributed by atoms with Gasteiger partial charge in [0, 0.05) is 22.3 Å². The van der Waals surface area contributed by atoms with E-state index in [-0.39, 0.29) is 10.8 Å². The lowest BCUT2D eigenvalue weighted by atomic mass is 9.50. The lowest BCUT2D eigenvalue weighted by molar-refractivity contribution is 0.415. The number of rotatable bonds is 0. The summed E-state index contributed by atoms with van der Waals surface area (Å²) in [4.78, 5) is 0. The van der Waals surface area contributed by atoms with Crippen molar-refractivity contribution in [2.45, 2.75) is 10.8 Å². The average molecular weight is 781 g/mol. The van der Waals surface area contributed by atoms with Crippen molar-refractivity contribution in [1.29, 1.82) is 0 Å². The molecule has 2 spiro atoms. The van der Waals surface area contributed by atoms with Gasteiger partial charge in [0.2, 0.25) is 0 Å². The maximum atomic E-state index is 2.35. The van der Waals surface area contributed by atoms with E-state index in [1.807, 2.05) is 22.3 Å². The van der Waals surface area contributed by atoms with Crippen molar-refractivity contribution >= 4 is 303 Å².